The van der Waals surface area contributed by atoms with E-state index >= 15 is 0 Å². The van der Waals surface area contributed by atoms with Crippen LogP contribution in [0.4, 0.5) is 13.2 Å². The first-order chi connectivity index (χ1) is 12.8. The minimum Gasteiger partial charge on any atom is -0.315 e. The molecular weight excluding hydrogens is 373 g/mol. The molecule has 142 valence electrons. The molecule has 27 heavy (non-hydrogen) atoms. The number of halogens is 3. The zero-order valence-corrected chi connectivity index (χ0v) is 15.8. The second-order valence-electron chi connectivity index (χ2n) is 6.52. The maximum absolute atomic E-state index is 12.7. The zero-order valence-electron chi connectivity index (χ0n) is 15.0. The molecule has 0 amide bonds. The highest BCUT2D eigenvalue weighted by molar-refractivity contribution is 7.71. The van der Waals surface area contributed by atoms with Gasteiger partial charge >= 0.3 is 6.18 Å². The van der Waals surface area contributed by atoms with E-state index in [1.807, 2.05) is 49.0 Å². The van der Waals surface area contributed by atoms with E-state index in [0.29, 0.717) is 18.0 Å². The number of hydrogen-bond acceptors (Lipinski definition) is 2. The van der Waals surface area contributed by atoms with Gasteiger partial charge in [0.25, 0.3) is 0 Å². The van der Waals surface area contributed by atoms with Crippen molar-refractivity contribution in [1.82, 2.24) is 14.3 Å². The summed E-state index contributed by atoms with van der Waals surface area (Å²) in [5, 5.41) is 4.61. The second-order valence-corrected chi connectivity index (χ2v) is 6.88. The van der Waals surface area contributed by atoms with E-state index in [2.05, 4.69) is 5.10 Å². The first-order valence-electron chi connectivity index (χ1n) is 8.42. The van der Waals surface area contributed by atoms with Crippen molar-refractivity contribution >= 4 is 12.2 Å². The van der Waals surface area contributed by atoms with Crippen molar-refractivity contribution in [3.8, 4) is 11.4 Å². The lowest BCUT2D eigenvalue weighted by molar-refractivity contribution is -0.917. The van der Waals surface area contributed by atoms with Crippen LogP contribution in [0.1, 0.15) is 11.1 Å². The van der Waals surface area contributed by atoms with Gasteiger partial charge in [0.2, 0.25) is 4.77 Å². The Bertz CT molecular complexity index is 959. The molecule has 1 unspecified atom stereocenters. The van der Waals surface area contributed by atoms with Crippen molar-refractivity contribution < 1.29 is 18.1 Å². The molecule has 0 saturated heterocycles. The van der Waals surface area contributed by atoms with Crippen LogP contribution in [0.15, 0.2) is 54.6 Å². The van der Waals surface area contributed by atoms with Crippen LogP contribution in [-0.2, 0) is 26.4 Å². The van der Waals surface area contributed by atoms with Crippen molar-refractivity contribution in [3.63, 3.8) is 0 Å². The molecule has 0 fully saturated rings. The molecule has 0 radical (unpaired) electrons. The van der Waals surface area contributed by atoms with Crippen molar-refractivity contribution in [2.75, 3.05) is 7.05 Å². The molecule has 4 nitrogen and oxygen atoms in total. The van der Waals surface area contributed by atoms with Gasteiger partial charge in [-0.1, -0.05) is 42.5 Å². The first-order valence-corrected chi connectivity index (χ1v) is 8.83. The number of nitrogens with zero attached hydrogens (tertiary/aromatic N) is 3. The Hall–Kier alpha value is -2.45. The van der Waals surface area contributed by atoms with Crippen molar-refractivity contribution in [2.45, 2.75) is 19.4 Å². The molecule has 3 rings (SSSR count). The Balaban J connectivity index is 1.73. The summed E-state index contributed by atoms with van der Waals surface area (Å²) in [7, 11) is 3.83. The Morgan fingerprint density at radius 3 is 2.26 bits per heavy atom. The molecule has 1 atom stereocenters. The fourth-order valence-electron chi connectivity index (χ4n) is 2.90. The normalized spacial score (nSPS) is 12.9. The van der Waals surface area contributed by atoms with Gasteiger partial charge in [0.15, 0.2) is 12.5 Å². The first kappa shape index (κ1) is 19.3. The highest BCUT2D eigenvalue weighted by Gasteiger charge is 2.30. The number of benzene rings is 2. The van der Waals surface area contributed by atoms with E-state index in [0.717, 1.165) is 34.0 Å². The SMILES string of the molecule is Cn1c(-c2ccccc2)nn(C[NH+](C)Cc2ccc(C(F)(F)F)cc2)c1=S. The van der Waals surface area contributed by atoms with Gasteiger partial charge in [0, 0.05) is 18.2 Å². The van der Waals surface area contributed by atoms with Crippen LogP contribution in [-0.4, -0.2) is 21.4 Å². The highest BCUT2D eigenvalue weighted by Crippen LogP contribution is 2.28. The van der Waals surface area contributed by atoms with Gasteiger partial charge in [-0.2, -0.15) is 17.9 Å². The Labute approximate surface area is 160 Å². The lowest BCUT2D eigenvalue weighted by Gasteiger charge is -2.14. The summed E-state index contributed by atoms with van der Waals surface area (Å²) in [6.07, 6.45) is -4.31. The number of hydrogen-bond donors (Lipinski definition) is 1. The van der Waals surface area contributed by atoms with E-state index < -0.39 is 11.7 Å². The molecule has 0 aliphatic rings. The van der Waals surface area contributed by atoms with Crippen molar-refractivity contribution in [1.29, 1.82) is 0 Å². The quantitative estimate of drug-likeness (QED) is 0.674. The van der Waals surface area contributed by atoms with Gasteiger partial charge in [0.1, 0.15) is 6.54 Å². The van der Waals surface area contributed by atoms with Gasteiger partial charge < -0.3 is 9.47 Å². The third-order valence-electron chi connectivity index (χ3n) is 4.28. The van der Waals surface area contributed by atoms with Crippen LogP contribution in [0, 0.1) is 4.77 Å². The van der Waals surface area contributed by atoms with Crippen LogP contribution in [0.25, 0.3) is 11.4 Å². The van der Waals surface area contributed by atoms with E-state index in [1.165, 1.54) is 12.1 Å². The van der Waals surface area contributed by atoms with E-state index in [-0.39, 0.29) is 0 Å². The average molecular weight is 393 g/mol. The zero-order chi connectivity index (χ0) is 19.6. The fourth-order valence-corrected chi connectivity index (χ4v) is 3.09. The van der Waals surface area contributed by atoms with Gasteiger partial charge in [-0.25, -0.2) is 0 Å². The van der Waals surface area contributed by atoms with Crippen LogP contribution in [0.2, 0.25) is 0 Å². The molecule has 0 bridgehead atoms. The molecule has 3 aromatic rings. The largest absolute Gasteiger partial charge is 0.416 e. The van der Waals surface area contributed by atoms with Gasteiger partial charge in [-0.15, -0.1) is 5.10 Å². The Morgan fingerprint density at radius 1 is 1.04 bits per heavy atom. The van der Waals surface area contributed by atoms with E-state index in [1.54, 1.807) is 4.68 Å². The summed E-state index contributed by atoms with van der Waals surface area (Å²) in [6, 6.07) is 15.0. The van der Waals surface area contributed by atoms with Crippen molar-refractivity contribution in [3.05, 3.63) is 70.5 Å². The van der Waals surface area contributed by atoms with Gasteiger partial charge in [-0.3, -0.25) is 0 Å². The molecule has 0 saturated carbocycles. The maximum Gasteiger partial charge on any atom is 0.416 e. The van der Waals surface area contributed by atoms with Crippen LogP contribution in [0.3, 0.4) is 0 Å². The lowest BCUT2D eigenvalue weighted by Crippen LogP contribution is -3.07. The van der Waals surface area contributed by atoms with Crippen molar-refractivity contribution in [2.24, 2.45) is 7.05 Å². The number of nitrogens with one attached hydrogen (secondary N) is 1. The Morgan fingerprint density at radius 2 is 1.67 bits per heavy atom. The topological polar surface area (TPSA) is 27.2 Å². The smallest absolute Gasteiger partial charge is 0.315 e. The number of rotatable bonds is 5. The lowest BCUT2D eigenvalue weighted by atomic mass is 10.1. The average Bonchev–Trinajstić information content (AvgIpc) is 2.90. The fraction of sp³-hybridized carbons (Fsp3) is 0.263. The van der Waals surface area contributed by atoms with Gasteiger partial charge in [0.05, 0.1) is 12.6 Å². The monoisotopic (exact) mass is 393 g/mol. The van der Waals surface area contributed by atoms with Crippen LogP contribution < -0.4 is 4.90 Å². The third-order valence-corrected chi connectivity index (χ3v) is 4.76. The summed E-state index contributed by atoms with van der Waals surface area (Å²) < 4.78 is 42.2. The standard InChI is InChI=1S/C19H19F3N4S/c1-24(12-14-8-10-16(11-9-14)19(20,21)22)13-26-18(27)25(2)17(23-26)15-6-4-3-5-7-15/h3-11H,12-13H2,1-2H3/p+1. The summed E-state index contributed by atoms with van der Waals surface area (Å²) in [5.41, 5.74) is 1.17. The maximum atomic E-state index is 12.7. The minimum absolute atomic E-state index is 0.514. The molecule has 1 heterocycles. The highest BCUT2D eigenvalue weighted by atomic mass is 32.1. The minimum atomic E-state index is -4.31. The van der Waals surface area contributed by atoms with Gasteiger partial charge in [-0.05, 0) is 24.4 Å². The van der Waals surface area contributed by atoms with E-state index in [9.17, 15) is 13.2 Å². The molecule has 0 aliphatic heterocycles. The van der Waals surface area contributed by atoms with E-state index in [4.69, 9.17) is 12.2 Å². The predicted molar refractivity (Wildman–Crippen MR) is 99.5 cm³/mol. The number of quaternary nitrogens is 1. The summed E-state index contributed by atoms with van der Waals surface area (Å²) in [5.74, 6) is 0.780. The summed E-state index contributed by atoms with van der Waals surface area (Å²) >= 11 is 5.48. The molecule has 2 aromatic carbocycles. The Kier molecular flexibility index (Phi) is 5.48. The predicted octanol–water partition coefficient (Wildman–Crippen LogP) is 3.31. The molecule has 8 heteroatoms. The molecule has 1 aromatic heterocycles. The second kappa shape index (κ2) is 7.66. The molecule has 0 spiro atoms. The van der Waals surface area contributed by atoms with Crippen LogP contribution >= 0.6 is 12.2 Å². The molecular formula is C19H20F3N4S+. The number of aromatic nitrogens is 3. The summed E-state index contributed by atoms with van der Waals surface area (Å²) in [4.78, 5) is 1.06. The third kappa shape index (κ3) is 4.45. The van der Waals surface area contributed by atoms with Crippen LogP contribution in [0.5, 0.6) is 0 Å². The molecule has 1 N–H and O–H groups in total. The summed E-state index contributed by atoms with van der Waals surface area (Å²) in [6.45, 7) is 1.08. The number of alkyl halides is 3. The molecule has 0 aliphatic carbocycles.